The number of nitrogens with zero attached hydrogens (tertiary/aromatic N) is 4. The van der Waals surface area contributed by atoms with Gasteiger partial charge in [0.05, 0.1) is 26.2 Å². The Morgan fingerprint density at radius 2 is 1.90 bits per heavy atom. The van der Waals surface area contributed by atoms with Gasteiger partial charge < -0.3 is 14.8 Å². The molecule has 0 atom stereocenters. The van der Waals surface area contributed by atoms with Crippen molar-refractivity contribution < 1.29 is 22.7 Å². The number of anilines is 1. The average molecular weight is 454 g/mol. The van der Waals surface area contributed by atoms with E-state index in [4.69, 9.17) is 9.47 Å². The minimum absolute atomic E-state index is 0.0540. The molecule has 2 aromatic rings. The maximum Gasteiger partial charge on any atom is 0.346 e. The van der Waals surface area contributed by atoms with Gasteiger partial charge in [-0.05, 0) is 25.0 Å². The van der Waals surface area contributed by atoms with E-state index in [1.165, 1.54) is 29.3 Å². The lowest BCUT2D eigenvalue weighted by molar-refractivity contribution is -0.117. The number of ether oxygens (including phenoxy) is 2. The van der Waals surface area contributed by atoms with Gasteiger partial charge >= 0.3 is 5.69 Å². The molecule has 2 heterocycles. The molecule has 1 N–H and O–H groups in total. The van der Waals surface area contributed by atoms with Gasteiger partial charge in [0.1, 0.15) is 23.9 Å². The fourth-order valence-corrected chi connectivity index (χ4v) is 4.51. The molecule has 0 aliphatic carbocycles. The third kappa shape index (κ3) is 5.07. The van der Waals surface area contributed by atoms with Crippen LogP contribution in [0.2, 0.25) is 0 Å². The Hall–Kier alpha value is -2.86. The van der Waals surface area contributed by atoms with Crippen LogP contribution in [0.1, 0.15) is 24.6 Å². The summed E-state index contributed by atoms with van der Waals surface area (Å²) in [6.45, 7) is 0.495. The summed E-state index contributed by atoms with van der Waals surface area (Å²) < 4.78 is 37.8. The van der Waals surface area contributed by atoms with E-state index < -0.39 is 21.6 Å². The normalized spacial score (nSPS) is 15.6. The van der Waals surface area contributed by atoms with Crippen molar-refractivity contribution in [3.63, 3.8) is 0 Å². The lowest BCUT2D eigenvalue weighted by Crippen LogP contribution is -2.37. The molecule has 1 aliphatic heterocycles. The summed E-state index contributed by atoms with van der Waals surface area (Å²) in [4.78, 5) is 25.1. The molecule has 1 saturated heterocycles. The monoisotopic (exact) mass is 453 g/mol. The van der Waals surface area contributed by atoms with Crippen LogP contribution < -0.4 is 20.5 Å². The highest BCUT2D eigenvalue weighted by molar-refractivity contribution is 7.88. The van der Waals surface area contributed by atoms with Crippen LogP contribution in [0.25, 0.3) is 0 Å². The number of carbonyl (C=O) groups excluding carboxylic acids is 1. The van der Waals surface area contributed by atoms with E-state index in [-0.39, 0.29) is 12.5 Å². The predicted molar refractivity (Wildman–Crippen MR) is 114 cm³/mol. The number of rotatable bonds is 7. The first-order valence-electron chi connectivity index (χ1n) is 9.74. The number of piperidine rings is 1. The Morgan fingerprint density at radius 1 is 1.23 bits per heavy atom. The van der Waals surface area contributed by atoms with Gasteiger partial charge in [0.25, 0.3) is 0 Å². The van der Waals surface area contributed by atoms with Gasteiger partial charge in [0, 0.05) is 32.1 Å². The second-order valence-corrected chi connectivity index (χ2v) is 9.39. The highest BCUT2D eigenvalue weighted by Gasteiger charge is 2.29. The molecule has 1 aliphatic rings. The highest BCUT2D eigenvalue weighted by Crippen LogP contribution is 2.29. The van der Waals surface area contributed by atoms with Crippen LogP contribution in [0.15, 0.2) is 23.0 Å². The van der Waals surface area contributed by atoms with E-state index in [2.05, 4.69) is 10.4 Å². The van der Waals surface area contributed by atoms with E-state index in [9.17, 15) is 18.0 Å². The van der Waals surface area contributed by atoms with Crippen LogP contribution in [0.4, 0.5) is 5.69 Å². The van der Waals surface area contributed by atoms with E-state index in [0.717, 1.165) is 4.68 Å². The number of hydrogen-bond donors (Lipinski definition) is 1. The van der Waals surface area contributed by atoms with E-state index in [1.807, 2.05) is 0 Å². The fourth-order valence-electron chi connectivity index (χ4n) is 3.64. The molecular formula is C19H27N5O6S. The van der Waals surface area contributed by atoms with Crippen LogP contribution in [-0.2, 0) is 28.4 Å². The predicted octanol–water partition coefficient (Wildman–Crippen LogP) is 0.377. The Morgan fingerprint density at radius 3 is 2.48 bits per heavy atom. The van der Waals surface area contributed by atoms with Crippen molar-refractivity contribution in [2.75, 3.05) is 38.9 Å². The van der Waals surface area contributed by atoms with Crippen molar-refractivity contribution in [1.82, 2.24) is 18.7 Å². The first kappa shape index (κ1) is 22.8. The minimum Gasteiger partial charge on any atom is -0.497 e. The topological polar surface area (TPSA) is 125 Å². The van der Waals surface area contributed by atoms with Crippen LogP contribution in [0.3, 0.4) is 0 Å². The van der Waals surface area contributed by atoms with Crippen molar-refractivity contribution in [3.05, 3.63) is 34.5 Å². The SMILES string of the molecule is COc1ccc(NC(=O)Cn2nc(C3CCN(S(C)(=O)=O)CC3)n(C)c2=O)c(OC)c1. The summed E-state index contributed by atoms with van der Waals surface area (Å²) in [6, 6.07) is 4.98. The zero-order valence-electron chi connectivity index (χ0n) is 18.0. The van der Waals surface area contributed by atoms with Crippen molar-refractivity contribution >= 4 is 21.6 Å². The minimum atomic E-state index is -3.23. The Bertz CT molecular complexity index is 1120. The number of carbonyl (C=O) groups is 1. The quantitative estimate of drug-likeness (QED) is 0.642. The third-order valence-corrected chi connectivity index (χ3v) is 6.64. The van der Waals surface area contributed by atoms with Crippen molar-refractivity contribution in [1.29, 1.82) is 0 Å². The molecule has 0 saturated carbocycles. The zero-order valence-corrected chi connectivity index (χ0v) is 18.8. The zero-order chi connectivity index (χ0) is 22.8. The van der Waals surface area contributed by atoms with Gasteiger partial charge in [-0.3, -0.25) is 9.36 Å². The number of nitrogens with one attached hydrogen (secondary N) is 1. The van der Waals surface area contributed by atoms with E-state index in [1.54, 1.807) is 25.2 Å². The average Bonchev–Trinajstić information content (AvgIpc) is 3.01. The van der Waals surface area contributed by atoms with Gasteiger partial charge in [0.15, 0.2) is 0 Å². The third-order valence-electron chi connectivity index (χ3n) is 5.34. The van der Waals surface area contributed by atoms with E-state index in [0.29, 0.717) is 48.9 Å². The molecule has 0 radical (unpaired) electrons. The standard InChI is InChI=1S/C19H27N5O6S/c1-22-18(13-7-9-23(10-8-13)31(4,27)28)21-24(19(22)26)12-17(25)20-15-6-5-14(29-2)11-16(15)30-3/h5-6,11,13H,7-10,12H2,1-4H3,(H,20,25). The molecule has 11 nitrogen and oxygen atoms in total. The lowest BCUT2D eigenvalue weighted by atomic mass is 9.97. The smallest absolute Gasteiger partial charge is 0.346 e. The molecule has 1 amide bonds. The number of benzene rings is 1. The molecule has 1 fully saturated rings. The van der Waals surface area contributed by atoms with Crippen molar-refractivity contribution in [2.45, 2.75) is 25.3 Å². The largest absolute Gasteiger partial charge is 0.497 e. The van der Waals surface area contributed by atoms with Crippen LogP contribution in [0.5, 0.6) is 11.5 Å². The number of sulfonamides is 1. The second kappa shape index (κ2) is 9.10. The van der Waals surface area contributed by atoms with Gasteiger partial charge in [-0.25, -0.2) is 22.2 Å². The van der Waals surface area contributed by atoms with Crippen molar-refractivity contribution in [3.8, 4) is 11.5 Å². The summed E-state index contributed by atoms with van der Waals surface area (Å²) in [5.74, 6) is 1.08. The molecule has 170 valence electrons. The summed E-state index contributed by atoms with van der Waals surface area (Å²) in [7, 11) is 1.39. The van der Waals surface area contributed by atoms with E-state index >= 15 is 0 Å². The first-order chi connectivity index (χ1) is 14.6. The lowest BCUT2D eigenvalue weighted by Gasteiger charge is -2.29. The first-order valence-corrected chi connectivity index (χ1v) is 11.6. The Kier molecular flexibility index (Phi) is 6.70. The van der Waals surface area contributed by atoms with Gasteiger partial charge in [-0.15, -0.1) is 0 Å². The van der Waals surface area contributed by atoms with Crippen LogP contribution >= 0.6 is 0 Å². The molecule has 1 aromatic carbocycles. The fraction of sp³-hybridized carbons (Fsp3) is 0.526. The number of amides is 1. The molecule has 31 heavy (non-hydrogen) atoms. The maximum atomic E-state index is 12.6. The highest BCUT2D eigenvalue weighted by atomic mass is 32.2. The molecule has 0 spiro atoms. The Labute approximate surface area is 180 Å². The van der Waals surface area contributed by atoms with Crippen molar-refractivity contribution in [2.24, 2.45) is 7.05 Å². The molecule has 12 heteroatoms. The van der Waals surface area contributed by atoms with Gasteiger partial charge in [-0.1, -0.05) is 0 Å². The summed E-state index contributed by atoms with van der Waals surface area (Å²) >= 11 is 0. The second-order valence-electron chi connectivity index (χ2n) is 7.41. The number of methoxy groups -OCH3 is 2. The number of hydrogen-bond acceptors (Lipinski definition) is 7. The number of aromatic nitrogens is 3. The summed E-state index contributed by atoms with van der Waals surface area (Å²) in [6.07, 6.45) is 2.31. The van der Waals surface area contributed by atoms with Crippen LogP contribution in [-0.4, -0.2) is 66.5 Å². The molecule has 3 rings (SSSR count). The summed E-state index contributed by atoms with van der Waals surface area (Å²) in [5.41, 5.74) is 0.0445. The molecule has 0 unspecified atom stereocenters. The summed E-state index contributed by atoms with van der Waals surface area (Å²) in [5, 5.41) is 7.08. The maximum absolute atomic E-state index is 12.6. The molecule has 0 bridgehead atoms. The van der Waals surface area contributed by atoms with Gasteiger partial charge in [0.2, 0.25) is 15.9 Å². The molecular weight excluding hydrogens is 426 g/mol. The van der Waals surface area contributed by atoms with Crippen LogP contribution in [0, 0.1) is 0 Å². The Balaban J connectivity index is 1.71. The van der Waals surface area contributed by atoms with Gasteiger partial charge in [-0.2, -0.15) is 5.10 Å². The molecule has 1 aromatic heterocycles.